The van der Waals surface area contributed by atoms with Crippen LogP contribution in [0.25, 0.3) is 22.5 Å². The van der Waals surface area contributed by atoms with Crippen molar-refractivity contribution < 1.29 is 0 Å². The zero-order valence-electron chi connectivity index (χ0n) is 23.4. The van der Waals surface area contributed by atoms with Gasteiger partial charge in [0, 0.05) is 47.9 Å². The maximum absolute atomic E-state index is 5.32. The lowest BCUT2D eigenvalue weighted by atomic mass is 9.80. The number of hydrogen-bond donors (Lipinski definition) is 0. The summed E-state index contributed by atoms with van der Waals surface area (Å²) in [5.74, 6) is 0.970. The van der Waals surface area contributed by atoms with Crippen molar-refractivity contribution in [3.05, 3.63) is 144 Å². The molecule has 3 nitrogen and oxygen atoms in total. The van der Waals surface area contributed by atoms with Crippen LogP contribution in [0.4, 0.5) is 11.6 Å². The molecular formula is C38H27N3S2. The molecule has 0 saturated heterocycles. The lowest BCUT2D eigenvalue weighted by Crippen LogP contribution is -2.35. The van der Waals surface area contributed by atoms with Gasteiger partial charge in [-0.3, -0.25) is 0 Å². The first-order valence-corrected chi connectivity index (χ1v) is 16.4. The average molecular weight is 590 g/mol. The minimum Gasteiger partial charge on any atom is -0.302 e. The summed E-state index contributed by atoms with van der Waals surface area (Å²) >= 11 is 3.80. The number of fused-ring (bicyclic) bond motifs is 7. The zero-order valence-corrected chi connectivity index (χ0v) is 25.0. The van der Waals surface area contributed by atoms with Crippen LogP contribution in [0.3, 0.4) is 0 Å². The quantitative estimate of drug-likeness (QED) is 0.205. The highest BCUT2D eigenvalue weighted by atomic mass is 32.2. The van der Waals surface area contributed by atoms with Gasteiger partial charge in [-0.05, 0) is 54.3 Å². The van der Waals surface area contributed by atoms with Gasteiger partial charge in [0.15, 0.2) is 0 Å². The van der Waals surface area contributed by atoms with E-state index in [1.165, 1.54) is 42.0 Å². The Bertz CT molecular complexity index is 1940. The van der Waals surface area contributed by atoms with Crippen LogP contribution in [0.15, 0.2) is 158 Å². The summed E-state index contributed by atoms with van der Waals surface area (Å²) in [5.41, 5.74) is 9.49. The summed E-state index contributed by atoms with van der Waals surface area (Å²) in [6.07, 6.45) is 11.7. The third kappa shape index (κ3) is 4.14. The van der Waals surface area contributed by atoms with E-state index in [4.69, 9.17) is 9.97 Å². The monoisotopic (exact) mass is 589 g/mol. The van der Waals surface area contributed by atoms with E-state index < -0.39 is 0 Å². The zero-order chi connectivity index (χ0) is 28.3. The molecule has 5 aromatic rings. The van der Waals surface area contributed by atoms with E-state index >= 15 is 0 Å². The largest absolute Gasteiger partial charge is 0.302 e. The topological polar surface area (TPSA) is 29.0 Å². The number of hydrogen-bond acceptors (Lipinski definition) is 5. The third-order valence-electron chi connectivity index (χ3n) is 8.77. The molecule has 0 N–H and O–H groups in total. The number of anilines is 2. The van der Waals surface area contributed by atoms with E-state index in [9.17, 15) is 0 Å². The SMILES string of the molecule is C1=CC2=C(C=CC3c4c(ccc5c4Sc4ccccc4S5)N(c4nc(-c5ccccc5)cc(-c5ccccc5)n4)C23)CC1. The number of nitrogens with zero attached hydrogens (tertiary/aromatic N) is 3. The van der Waals surface area contributed by atoms with Crippen LogP contribution in [0, 0.1) is 0 Å². The molecular weight excluding hydrogens is 563 g/mol. The van der Waals surface area contributed by atoms with Gasteiger partial charge in [-0.2, -0.15) is 0 Å². The summed E-state index contributed by atoms with van der Waals surface area (Å²) in [6.45, 7) is 0. The van der Waals surface area contributed by atoms with Crippen LogP contribution >= 0.6 is 23.5 Å². The number of rotatable bonds is 3. The van der Waals surface area contributed by atoms with Crippen LogP contribution in [-0.4, -0.2) is 16.0 Å². The van der Waals surface area contributed by atoms with Gasteiger partial charge in [0.2, 0.25) is 5.95 Å². The standard InChI is InChI=1S/C38H27N3S2/c1-3-12-25(13-4-1)29-23-30(26-14-5-2-6-15-26)40-38(39-29)41-31-21-22-34-37(43-33-18-10-9-17-32(33)42-34)35(31)28-20-19-24-11-7-8-16-27(24)36(28)41/h1-6,8-10,12-23,28,36H,7,11H2. The van der Waals surface area contributed by atoms with E-state index in [1.54, 1.807) is 0 Å². The van der Waals surface area contributed by atoms with Crippen LogP contribution in [-0.2, 0) is 0 Å². The Labute approximate surface area is 260 Å². The van der Waals surface area contributed by atoms with Crippen molar-refractivity contribution in [3.8, 4) is 22.5 Å². The predicted molar refractivity (Wildman–Crippen MR) is 177 cm³/mol. The molecule has 4 aliphatic rings. The van der Waals surface area contributed by atoms with Gasteiger partial charge in [-0.25, -0.2) is 9.97 Å². The fraction of sp³-hybridized carbons (Fsp3) is 0.105. The normalized spacial score (nSPS) is 19.4. The van der Waals surface area contributed by atoms with E-state index in [-0.39, 0.29) is 12.0 Å². The smallest absolute Gasteiger partial charge is 0.231 e. The van der Waals surface area contributed by atoms with Crippen LogP contribution < -0.4 is 4.90 Å². The molecule has 0 fully saturated rings. The van der Waals surface area contributed by atoms with Gasteiger partial charge in [-0.15, -0.1) is 0 Å². The van der Waals surface area contributed by atoms with Crippen molar-refractivity contribution in [3.63, 3.8) is 0 Å². The van der Waals surface area contributed by atoms with E-state index in [0.29, 0.717) is 0 Å². The van der Waals surface area contributed by atoms with Gasteiger partial charge in [0.25, 0.3) is 0 Å². The third-order valence-corrected chi connectivity index (χ3v) is 11.4. The van der Waals surface area contributed by atoms with Gasteiger partial charge in [-0.1, -0.05) is 121 Å². The minimum atomic E-state index is 0.107. The molecule has 0 spiro atoms. The Balaban J connectivity index is 1.28. The molecule has 0 amide bonds. The van der Waals surface area contributed by atoms with Crippen molar-refractivity contribution in [2.75, 3.05) is 4.90 Å². The first kappa shape index (κ1) is 25.2. The van der Waals surface area contributed by atoms with Gasteiger partial charge >= 0.3 is 0 Å². The number of allylic oxidation sites excluding steroid dienone is 3. The molecule has 2 atom stereocenters. The Kier molecular flexibility index (Phi) is 5.95. The number of aromatic nitrogens is 2. The van der Waals surface area contributed by atoms with Gasteiger partial charge in [0.1, 0.15) is 0 Å². The maximum atomic E-state index is 5.32. The summed E-state index contributed by atoms with van der Waals surface area (Å²) in [4.78, 5) is 18.4. The van der Waals surface area contributed by atoms with Crippen molar-refractivity contribution >= 4 is 35.2 Å². The average Bonchev–Trinajstić information content (AvgIpc) is 3.43. The molecule has 0 radical (unpaired) electrons. The second-order valence-electron chi connectivity index (χ2n) is 11.3. The minimum absolute atomic E-state index is 0.107. The summed E-state index contributed by atoms with van der Waals surface area (Å²) < 4.78 is 0. The molecule has 4 aromatic carbocycles. The van der Waals surface area contributed by atoms with Crippen LogP contribution in [0.2, 0.25) is 0 Å². The van der Waals surface area contributed by atoms with Crippen LogP contribution in [0.1, 0.15) is 24.3 Å². The highest BCUT2D eigenvalue weighted by Crippen LogP contribution is 2.59. The molecule has 2 aliphatic heterocycles. The molecule has 2 aliphatic carbocycles. The van der Waals surface area contributed by atoms with Crippen molar-refractivity contribution in [1.29, 1.82) is 0 Å². The van der Waals surface area contributed by atoms with Gasteiger partial charge < -0.3 is 4.90 Å². The Hall–Kier alpha value is -4.32. The van der Waals surface area contributed by atoms with E-state index in [0.717, 1.165) is 41.3 Å². The molecule has 0 saturated carbocycles. The second kappa shape index (κ2) is 10.1. The summed E-state index contributed by atoms with van der Waals surface area (Å²) in [7, 11) is 0. The molecule has 2 unspecified atom stereocenters. The van der Waals surface area contributed by atoms with Crippen molar-refractivity contribution in [1.82, 2.24) is 9.97 Å². The molecule has 1 aromatic heterocycles. The highest BCUT2D eigenvalue weighted by molar-refractivity contribution is 8.05. The van der Waals surface area contributed by atoms with Crippen molar-refractivity contribution in [2.24, 2.45) is 0 Å². The molecule has 9 rings (SSSR count). The maximum Gasteiger partial charge on any atom is 0.231 e. The first-order chi connectivity index (χ1) is 21.3. The summed E-state index contributed by atoms with van der Waals surface area (Å²) in [6, 6.07) is 36.6. The number of benzene rings is 4. The van der Waals surface area contributed by atoms with Crippen LogP contribution in [0.5, 0.6) is 0 Å². The molecule has 43 heavy (non-hydrogen) atoms. The lowest BCUT2D eigenvalue weighted by Gasteiger charge is -2.34. The second-order valence-corrected chi connectivity index (χ2v) is 13.4. The Morgan fingerprint density at radius 2 is 1.35 bits per heavy atom. The van der Waals surface area contributed by atoms with E-state index in [2.05, 4.69) is 132 Å². The molecule has 5 heteroatoms. The van der Waals surface area contributed by atoms with Crippen molar-refractivity contribution in [2.45, 2.75) is 44.4 Å². The van der Waals surface area contributed by atoms with E-state index in [1.807, 2.05) is 23.5 Å². The lowest BCUT2D eigenvalue weighted by molar-refractivity contribution is 0.681. The fourth-order valence-corrected chi connectivity index (χ4v) is 9.26. The predicted octanol–water partition coefficient (Wildman–Crippen LogP) is 10.2. The first-order valence-electron chi connectivity index (χ1n) is 14.8. The molecule has 0 bridgehead atoms. The fourth-order valence-electron chi connectivity index (χ4n) is 6.81. The van der Waals surface area contributed by atoms with Gasteiger partial charge in [0.05, 0.1) is 17.4 Å². The highest BCUT2D eigenvalue weighted by Gasteiger charge is 2.45. The Morgan fingerprint density at radius 1 is 0.674 bits per heavy atom. The summed E-state index contributed by atoms with van der Waals surface area (Å²) in [5, 5.41) is 0. The Morgan fingerprint density at radius 3 is 2.07 bits per heavy atom. The molecule has 3 heterocycles. The molecule has 206 valence electrons.